The molecule has 0 unspecified atom stereocenters. The summed E-state index contributed by atoms with van der Waals surface area (Å²) in [6.45, 7) is 3.27. The number of carbonyl (C=O) groups is 2. The van der Waals surface area contributed by atoms with E-state index in [0.29, 0.717) is 0 Å². The molecule has 0 amide bonds. The Kier molecular flexibility index (Phi) is 5.13. The molecule has 0 aromatic heterocycles. The quantitative estimate of drug-likeness (QED) is 0.731. The Hall–Kier alpha value is -1.58. The number of hydrogen-bond donors (Lipinski definition) is 0. The molecule has 0 saturated carbocycles. The first kappa shape index (κ1) is 14.5. The summed E-state index contributed by atoms with van der Waals surface area (Å²) in [5.74, 6) is -2.92. The molecule has 0 spiro atoms. The third-order valence-electron chi connectivity index (χ3n) is 2.94. The predicted octanol–water partition coefficient (Wildman–Crippen LogP) is 3.08. The number of benzene rings is 1. The molecule has 1 aromatic carbocycles. The van der Waals surface area contributed by atoms with Crippen molar-refractivity contribution in [1.82, 2.24) is 0 Å². The lowest BCUT2D eigenvalue weighted by molar-refractivity contribution is -0.132. The van der Waals surface area contributed by atoms with Crippen LogP contribution in [0.3, 0.4) is 0 Å². The molecule has 2 nitrogen and oxygen atoms in total. The summed E-state index contributed by atoms with van der Waals surface area (Å²) in [5.41, 5.74) is -0.189. The lowest BCUT2D eigenvalue weighted by Crippen LogP contribution is -2.26. The molecule has 0 fully saturated rings. The summed E-state index contributed by atoms with van der Waals surface area (Å²) in [6.07, 6.45) is 0.177. The third kappa shape index (κ3) is 3.22. The number of hydrogen-bond acceptors (Lipinski definition) is 2. The average Bonchev–Trinajstić information content (AvgIpc) is 2.37. The van der Waals surface area contributed by atoms with Gasteiger partial charge in [0.05, 0.1) is 5.92 Å². The highest BCUT2D eigenvalue weighted by atomic mass is 19.1. The van der Waals surface area contributed by atoms with Gasteiger partial charge in [0, 0.05) is 18.4 Å². The average molecular weight is 254 g/mol. The van der Waals surface area contributed by atoms with Crippen molar-refractivity contribution in [2.75, 3.05) is 0 Å². The molecular weight excluding hydrogens is 238 g/mol. The Morgan fingerprint density at radius 1 is 1.06 bits per heavy atom. The van der Waals surface area contributed by atoms with Crippen LogP contribution in [0.1, 0.15) is 32.3 Å². The van der Waals surface area contributed by atoms with E-state index >= 15 is 0 Å². The van der Waals surface area contributed by atoms with E-state index in [1.165, 1.54) is 6.07 Å². The van der Waals surface area contributed by atoms with Gasteiger partial charge in [-0.3, -0.25) is 9.59 Å². The summed E-state index contributed by atoms with van der Waals surface area (Å²) in [5, 5.41) is 0. The minimum absolute atomic E-state index is 0.187. The van der Waals surface area contributed by atoms with Gasteiger partial charge in [-0.25, -0.2) is 8.78 Å². The Morgan fingerprint density at radius 3 is 1.89 bits per heavy atom. The number of Topliss-reactive ketones (excluding diaryl/α,β-unsaturated/α-hetero) is 2. The van der Waals surface area contributed by atoms with Crippen LogP contribution in [0.2, 0.25) is 0 Å². The maximum absolute atomic E-state index is 13.5. The molecule has 18 heavy (non-hydrogen) atoms. The maximum atomic E-state index is 13.5. The van der Waals surface area contributed by atoms with Crippen LogP contribution in [-0.2, 0) is 16.0 Å². The second-order valence-corrected chi connectivity index (χ2v) is 4.10. The zero-order valence-electron chi connectivity index (χ0n) is 10.5. The zero-order chi connectivity index (χ0) is 13.7. The van der Waals surface area contributed by atoms with Gasteiger partial charge in [0.25, 0.3) is 0 Å². The molecule has 0 radical (unpaired) electrons. The summed E-state index contributed by atoms with van der Waals surface area (Å²) in [4.78, 5) is 23.3. The minimum Gasteiger partial charge on any atom is -0.299 e. The van der Waals surface area contributed by atoms with E-state index < -0.39 is 17.6 Å². The van der Waals surface area contributed by atoms with Crippen LogP contribution in [0.5, 0.6) is 0 Å². The van der Waals surface area contributed by atoms with Crippen LogP contribution >= 0.6 is 0 Å². The second kappa shape index (κ2) is 6.38. The zero-order valence-corrected chi connectivity index (χ0v) is 10.5. The van der Waals surface area contributed by atoms with E-state index in [2.05, 4.69) is 0 Å². The van der Waals surface area contributed by atoms with Gasteiger partial charge in [-0.1, -0.05) is 19.9 Å². The third-order valence-corrected chi connectivity index (χ3v) is 2.94. The van der Waals surface area contributed by atoms with Crippen molar-refractivity contribution in [3.63, 3.8) is 0 Å². The summed E-state index contributed by atoms with van der Waals surface area (Å²) < 4.78 is 27.0. The second-order valence-electron chi connectivity index (χ2n) is 4.10. The maximum Gasteiger partial charge on any atom is 0.143 e. The molecule has 0 aliphatic rings. The fraction of sp³-hybridized carbons (Fsp3) is 0.429. The van der Waals surface area contributed by atoms with Crippen molar-refractivity contribution in [2.24, 2.45) is 5.92 Å². The molecule has 0 saturated heterocycles. The van der Waals surface area contributed by atoms with Gasteiger partial charge in [0.15, 0.2) is 0 Å². The van der Waals surface area contributed by atoms with E-state index in [4.69, 9.17) is 0 Å². The van der Waals surface area contributed by atoms with Crippen molar-refractivity contribution in [3.8, 4) is 0 Å². The molecule has 4 heteroatoms. The van der Waals surface area contributed by atoms with Crippen molar-refractivity contribution >= 4 is 11.6 Å². The highest BCUT2D eigenvalue weighted by Crippen LogP contribution is 2.19. The largest absolute Gasteiger partial charge is 0.299 e. The van der Waals surface area contributed by atoms with Gasteiger partial charge in [-0.05, 0) is 18.6 Å². The van der Waals surface area contributed by atoms with E-state index in [9.17, 15) is 18.4 Å². The number of carbonyl (C=O) groups excluding carboxylic acids is 2. The number of halogens is 2. The van der Waals surface area contributed by atoms with Gasteiger partial charge < -0.3 is 0 Å². The topological polar surface area (TPSA) is 34.1 Å². The molecular formula is C14H16F2O2. The fourth-order valence-electron chi connectivity index (χ4n) is 1.83. The Balaban J connectivity index is 3.03. The molecule has 0 heterocycles. The molecule has 0 bridgehead atoms. The Morgan fingerprint density at radius 2 is 1.50 bits per heavy atom. The summed E-state index contributed by atoms with van der Waals surface area (Å²) in [6, 6.07) is 3.51. The summed E-state index contributed by atoms with van der Waals surface area (Å²) >= 11 is 0. The van der Waals surface area contributed by atoms with Gasteiger partial charge in [0.2, 0.25) is 0 Å². The smallest absolute Gasteiger partial charge is 0.143 e. The molecule has 0 atom stereocenters. The molecule has 0 aliphatic carbocycles. The SMILES string of the molecule is CCC(=O)C(Cc1c(F)cccc1F)C(=O)CC. The Bertz CT molecular complexity index is 419. The van der Waals surface area contributed by atoms with Crippen LogP contribution in [-0.4, -0.2) is 11.6 Å². The normalized spacial score (nSPS) is 10.7. The summed E-state index contributed by atoms with van der Waals surface area (Å²) in [7, 11) is 0. The van der Waals surface area contributed by atoms with Crippen LogP contribution in [0.25, 0.3) is 0 Å². The van der Waals surface area contributed by atoms with Gasteiger partial charge in [0.1, 0.15) is 23.2 Å². The lowest BCUT2D eigenvalue weighted by Gasteiger charge is -2.14. The molecule has 0 aliphatic heterocycles. The molecule has 1 rings (SSSR count). The minimum atomic E-state index is -0.939. The number of ketones is 2. The van der Waals surface area contributed by atoms with Gasteiger partial charge in [-0.15, -0.1) is 0 Å². The monoisotopic (exact) mass is 254 g/mol. The highest BCUT2D eigenvalue weighted by molar-refractivity contribution is 6.02. The van der Waals surface area contributed by atoms with E-state index in [1.807, 2.05) is 0 Å². The first-order valence-corrected chi connectivity index (χ1v) is 5.99. The van der Waals surface area contributed by atoms with Gasteiger partial charge >= 0.3 is 0 Å². The fourth-order valence-corrected chi connectivity index (χ4v) is 1.83. The van der Waals surface area contributed by atoms with E-state index in [1.54, 1.807) is 13.8 Å². The standard InChI is InChI=1S/C14H16F2O2/c1-3-13(17)10(14(18)4-2)8-9-11(15)6-5-7-12(9)16/h5-7,10H,3-4,8H2,1-2H3. The predicted molar refractivity (Wildman–Crippen MR) is 64.1 cm³/mol. The van der Waals surface area contributed by atoms with Gasteiger partial charge in [-0.2, -0.15) is 0 Å². The van der Waals surface area contributed by atoms with Crippen LogP contribution < -0.4 is 0 Å². The van der Waals surface area contributed by atoms with E-state index in [-0.39, 0.29) is 36.4 Å². The van der Waals surface area contributed by atoms with Crippen molar-refractivity contribution in [1.29, 1.82) is 0 Å². The van der Waals surface area contributed by atoms with Crippen molar-refractivity contribution < 1.29 is 18.4 Å². The van der Waals surface area contributed by atoms with Crippen LogP contribution in [0, 0.1) is 17.6 Å². The molecule has 1 aromatic rings. The van der Waals surface area contributed by atoms with E-state index in [0.717, 1.165) is 12.1 Å². The number of rotatable bonds is 6. The molecule has 98 valence electrons. The Labute approximate surface area is 105 Å². The first-order valence-electron chi connectivity index (χ1n) is 5.99. The van der Waals surface area contributed by atoms with Crippen molar-refractivity contribution in [3.05, 3.63) is 35.4 Å². The highest BCUT2D eigenvalue weighted by Gasteiger charge is 2.26. The lowest BCUT2D eigenvalue weighted by atomic mass is 9.88. The first-order chi connectivity index (χ1) is 8.51. The van der Waals surface area contributed by atoms with Crippen molar-refractivity contribution in [2.45, 2.75) is 33.1 Å². The van der Waals surface area contributed by atoms with Crippen LogP contribution in [0.15, 0.2) is 18.2 Å². The van der Waals surface area contributed by atoms with Crippen LogP contribution in [0.4, 0.5) is 8.78 Å². The molecule has 0 N–H and O–H groups in total.